The Balaban J connectivity index is 0.00000169. The highest BCUT2D eigenvalue weighted by Gasteiger charge is 2.21. The first-order valence-electron chi connectivity index (χ1n) is 5.44. The highest BCUT2D eigenvalue weighted by atomic mass is 35.5. The number of carbonyl (C=O) groups is 1. The zero-order valence-corrected chi connectivity index (χ0v) is 9.68. The number of halogens is 1. The maximum atomic E-state index is 10.5. The van der Waals surface area contributed by atoms with Crippen molar-refractivity contribution in [2.45, 2.75) is 51.9 Å². The first-order valence-corrected chi connectivity index (χ1v) is 5.44. The van der Waals surface area contributed by atoms with Crippen molar-refractivity contribution in [2.24, 2.45) is 11.8 Å². The van der Waals surface area contributed by atoms with Crippen molar-refractivity contribution >= 4 is 18.4 Å². The average Bonchev–Trinajstić information content (AvgIpc) is 2.08. The van der Waals surface area contributed by atoms with Gasteiger partial charge in [-0.1, -0.05) is 32.6 Å². The van der Waals surface area contributed by atoms with Gasteiger partial charge in [-0.25, -0.2) is 0 Å². The van der Waals surface area contributed by atoms with Crippen molar-refractivity contribution in [3.05, 3.63) is 0 Å². The lowest BCUT2D eigenvalue weighted by atomic mass is 9.79. The van der Waals surface area contributed by atoms with Crippen molar-refractivity contribution in [1.82, 2.24) is 0 Å². The van der Waals surface area contributed by atoms with Crippen molar-refractivity contribution in [2.75, 3.05) is 0 Å². The lowest BCUT2D eigenvalue weighted by Gasteiger charge is -2.27. The van der Waals surface area contributed by atoms with E-state index in [0.717, 1.165) is 18.8 Å². The van der Waals surface area contributed by atoms with E-state index in [0.29, 0.717) is 12.3 Å². The average molecular weight is 221 g/mol. The SMILES string of the molecule is CCCC1CCC(CC(=O)O)CC1.Cl. The van der Waals surface area contributed by atoms with E-state index in [2.05, 4.69) is 6.92 Å². The monoisotopic (exact) mass is 220 g/mol. The van der Waals surface area contributed by atoms with E-state index in [1.54, 1.807) is 0 Å². The number of hydrogen-bond acceptors (Lipinski definition) is 1. The maximum absolute atomic E-state index is 10.5. The molecular weight excluding hydrogens is 200 g/mol. The summed E-state index contributed by atoms with van der Waals surface area (Å²) in [5.41, 5.74) is 0. The molecule has 0 amide bonds. The van der Waals surface area contributed by atoms with E-state index >= 15 is 0 Å². The summed E-state index contributed by atoms with van der Waals surface area (Å²) in [5.74, 6) is 0.722. The molecule has 0 radical (unpaired) electrons. The zero-order chi connectivity index (χ0) is 9.68. The Morgan fingerprint density at radius 3 is 2.14 bits per heavy atom. The molecule has 0 aromatic heterocycles. The first kappa shape index (κ1) is 13.8. The first-order chi connectivity index (χ1) is 6.22. The summed E-state index contributed by atoms with van der Waals surface area (Å²) >= 11 is 0. The van der Waals surface area contributed by atoms with Gasteiger partial charge in [-0.15, -0.1) is 12.4 Å². The molecule has 1 aliphatic rings. The van der Waals surface area contributed by atoms with Gasteiger partial charge < -0.3 is 5.11 Å². The topological polar surface area (TPSA) is 37.3 Å². The standard InChI is InChI=1S/C11H20O2.ClH/c1-2-3-9-4-6-10(7-5-9)8-11(12)13;/h9-10H,2-8H2,1H3,(H,12,13);1H. The summed E-state index contributed by atoms with van der Waals surface area (Å²) in [6.07, 6.45) is 7.78. The molecule has 0 atom stereocenters. The van der Waals surface area contributed by atoms with Crippen LogP contribution in [0.4, 0.5) is 0 Å². The van der Waals surface area contributed by atoms with E-state index in [1.165, 1.54) is 25.7 Å². The van der Waals surface area contributed by atoms with Crippen LogP contribution in [0.2, 0.25) is 0 Å². The Morgan fingerprint density at radius 2 is 1.71 bits per heavy atom. The number of carboxylic acids is 1. The third kappa shape index (κ3) is 4.85. The Morgan fingerprint density at radius 1 is 1.21 bits per heavy atom. The van der Waals surface area contributed by atoms with Gasteiger partial charge in [0.2, 0.25) is 0 Å². The van der Waals surface area contributed by atoms with Crippen LogP contribution < -0.4 is 0 Å². The van der Waals surface area contributed by atoms with Gasteiger partial charge in [-0.05, 0) is 24.7 Å². The summed E-state index contributed by atoms with van der Waals surface area (Å²) in [6, 6.07) is 0. The van der Waals surface area contributed by atoms with Crippen LogP contribution in [-0.4, -0.2) is 11.1 Å². The molecule has 1 rings (SSSR count). The fraction of sp³-hybridized carbons (Fsp3) is 0.909. The molecule has 0 saturated heterocycles. The Bertz CT molecular complexity index is 163. The summed E-state index contributed by atoms with van der Waals surface area (Å²) in [6.45, 7) is 2.23. The number of hydrogen-bond donors (Lipinski definition) is 1. The van der Waals surface area contributed by atoms with E-state index in [1.807, 2.05) is 0 Å². The largest absolute Gasteiger partial charge is 0.481 e. The van der Waals surface area contributed by atoms with Crippen LogP contribution in [0.1, 0.15) is 51.9 Å². The molecule has 84 valence electrons. The van der Waals surface area contributed by atoms with Crippen molar-refractivity contribution in [1.29, 1.82) is 0 Å². The molecule has 0 aromatic carbocycles. The molecule has 3 heteroatoms. The molecule has 0 heterocycles. The minimum absolute atomic E-state index is 0. The second-order valence-electron chi connectivity index (χ2n) is 4.27. The summed E-state index contributed by atoms with van der Waals surface area (Å²) in [7, 11) is 0. The van der Waals surface area contributed by atoms with E-state index in [4.69, 9.17) is 5.11 Å². The number of carboxylic acid groups (broad SMARTS) is 1. The van der Waals surface area contributed by atoms with Gasteiger partial charge >= 0.3 is 5.97 Å². The molecule has 2 nitrogen and oxygen atoms in total. The minimum Gasteiger partial charge on any atom is -0.481 e. The zero-order valence-electron chi connectivity index (χ0n) is 8.87. The van der Waals surface area contributed by atoms with Gasteiger partial charge in [0.25, 0.3) is 0 Å². The van der Waals surface area contributed by atoms with Crippen molar-refractivity contribution in [3.8, 4) is 0 Å². The Labute approximate surface area is 92.5 Å². The van der Waals surface area contributed by atoms with Crippen molar-refractivity contribution in [3.63, 3.8) is 0 Å². The molecule has 0 bridgehead atoms. The summed E-state index contributed by atoms with van der Waals surface area (Å²) in [5, 5.41) is 8.63. The van der Waals surface area contributed by atoms with Crippen LogP contribution >= 0.6 is 12.4 Å². The second-order valence-corrected chi connectivity index (χ2v) is 4.27. The molecule has 0 aliphatic heterocycles. The third-order valence-electron chi connectivity index (χ3n) is 3.13. The quantitative estimate of drug-likeness (QED) is 0.788. The Hall–Kier alpha value is -0.240. The fourth-order valence-electron chi connectivity index (χ4n) is 2.38. The van der Waals surface area contributed by atoms with Gasteiger partial charge in [0.05, 0.1) is 0 Å². The number of aliphatic carboxylic acids is 1. The lowest BCUT2D eigenvalue weighted by molar-refractivity contribution is -0.138. The predicted octanol–water partition coefficient (Wildman–Crippen LogP) is 3.49. The van der Waals surface area contributed by atoms with Gasteiger partial charge in [-0.3, -0.25) is 4.79 Å². The second kappa shape index (κ2) is 7.10. The maximum Gasteiger partial charge on any atom is 0.303 e. The van der Waals surface area contributed by atoms with Gasteiger partial charge in [0.1, 0.15) is 0 Å². The molecule has 14 heavy (non-hydrogen) atoms. The molecule has 1 aliphatic carbocycles. The van der Waals surface area contributed by atoms with Crippen LogP contribution in [0.5, 0.6) is 0 Å². The van der Waals surface area contributed by atoms with Crippen LogP contribution in [0.25, 0.3) is 0 Å². The molecular formula is C11H21ClO2. The highest BCUT2D eigenvalue weighted by Crippen LogP contribution is 2.32. The molecule has 1 N–H and O–H groups in total. The van der Waals surface area contributed by atoms with Gasteiger partial charge in [-0.2, -0.15) is 0 Å². The summed E-state index contributed by atoms with van der Waals surface area (Å²) < 4.78 is 0. The highest BCUT2D eigenvalue weighted by molar-refractivity contribution is 5.85. The lowest BCUT2D eigenvalue weighted by Crippen LogP contribution is -2.17. The Kier molecular flexibility index (Phi) is 6.98. The molecule has 0 unspecified atom stereocenters. The van der Waals surface area contributed by atoms with Crippen LogP contribution in [0.15, 0.2) is 0 Å². The van der Waals surface area contributed by atoms with E-state index < -0.39 is 5.97 Å². The summed E-state index contributed by atoms with van der Waals surface area (Å²) in [4.78, 5) is 10.5. The third-order valence-corrected chi connectivity index (χ3v) is 3.13. The predicted molar refractivity (Wildman–Crippen MR) is 59.9 cm³/mol. The van der Waals surface area contributed by atoms with Crippen LogP contribution in [0, 0.1) is 11.8 Å². The van der Waals surface area contributed by atoms with Crippen LogP contribution in [-0.2, 0) is 4.79 Å². The molecule has 0 spiro atoms. The van der Waals surface area contributed by atoms with E-state index in [9.17, 15) is 4.79 Å². The molecule has 1 fully saturated rings. The minimum atomic E-state index is -0.626. The van der Waals surface area contributed by atoms with Crippen molar-refractivity contribution < 1.29 is 9.90 Å². The van der Waals surface area contributed by atoms with Gasteiger partial charge in [0, 0.05) is 6.42 Å². The normalized spacial score (nSPS) is 26.6. The number of rotatable bonds is 4. The fourth-order valence-corrected chi connectivity index (χ4v) is 2.38. The molecule has 0 aromatic rings. The van der Waals surface area contributed by atoms with E-state index in [-0.39, 0.29) is 12.4 Å². The van der Waals surface area contributed by atoms with Gasteiger partial charge in [0.15, 0.2) is 0 Å². The van der Waals surface area contributed by atoms with Crippen LogP contribution in [0.3, 0.4) is 0 Å². The smallest absolute Gasteiger partial charge is 0.303 e. The molecule has 1 saturated carbocycles.